The van der Waals surface area contributed by atoms with Crippen molar-refractivity contribution in [3.05, 3.63) is 28.2 Å². The highest BCUT2D eigenvalue weighted by atomic mass is 79.9. The maximum absolute atomic E-state index is 11.7. The molecule has 0 bridgehead atoms. The number of carbonyl (C=O) groups is 1. The van der Waals surface area contributed by atoms with Gasteiger partial charge in [0.25, 0.3) is 0 Å². The molecule has 6 heteroatoms. The topological polar surface area (TPSA) is 61.8 Å². The monoisotopic (exact) mass is 356 g/mol. The van der Waals surface area contributed by atoms with E-state index in [4.69, 9.17) is 4.74 Å². The van der Waals surface area contributed by atoms with Gasteiger partial charge in [0.05, 0.1) is 4.47 Å². The predicted molar refractivity (Wildman–Crippen MR) is 84.1 cm³/mol. The summed E-state index contributed by atoms with van der Waals surface area (Å²) in [4.78, 5) is 13.6. The van der Waals surface area contributed by atoms with E-state index in [0.29, 0.717) is 10.5 Å². The van der Waals surface area contributed by atoms with Crippen LogP contribution in [0.4, 0.5) is 0 Å². The summed E-state index contributed by atoms with van der Waals surface area (Å²) in [5.41, 5.74) is 1.12. The van der Waals surface area contributed by atoms with Gasteiger partial charge in [0.2, 0.25) is 5.91 Å². The number of carbonyl (C=O) groups excluding carboxylic acids is 1. The maximum atomic E-state index is 11.7. The number of nitrogens with one attached hydrogen (secondary N) is 1. The fourth-order valence-electron chi connectivity index (χ4n) is 2.47. The molecule has 1 aliphatic rings. The van der Waals surface area contributed by atoms with Gasteiger partial charge in [-0.25, -0.2) is 0 Å². The Morgan fingerprint density at radius 2 is 2.19 bits per heavy atom. The highest BCUT2D eigenvalue weighted by Gasteiger charge is 2.22. The maximum Gasteiger partial charge on any atom is 0.248 e. The normalized spacial score (nSPS) is 16.2. The van der Waals surface area contributed by atoms with Crippen molar-refractivity contribution < 1.29 is 14.6 Å². The van der Waals surface area contributed by atoms with E-state index in [1.807, 2.05) is 17.0 Å². The van der Waals surface area contributed by atoms with Crippen molar-refractivity contribution >= 4 is 21.8 Å². The second kappa shape index (κ2) is 7.77. The van der Waals surface area contributed by atoms with Gasteiger partial charge in [0.1, 0.15) is 12.4 Å². The van der Waals surface area contributed by atoms with E-state index in [-0.39, 0.29) is 18.3 Å². The number of amides is 1. The fraction of sp³-hybridized carbons (Fsp3) is 0.533. The first-order chi connectivity index (χ1) is 10.1. The Balaban J connectivity index is 1.76. The Morgan fingerprint density at radius 3 is 2.81 bits per heavy atom. The van der Waals surface area contributed by atoms with Crippen LogP contribution >= 0.6 is 15.9 Å². The van der Waals surface area contributed by atoms with E-state index >= 15 is 0 Å². The molecule has 0 atom stereocenters. The van der Waals surface area contributed by atoms with Crippen LogP contribution in [-0.4, -0.2) is 48.8 Å². The molecule has 1 aromatic carbocycles. The number of phenolic OH excluding ortho intramolecular Hbond substituents is 1. The zero-order valence-corrected chi connectivity index (χ0v) is 13.7. The molecule has 0 saturated carbocycles. The molecule has 0 unspecified atom stereocenters. The second-order valence-electron chi connectivity index (χ2n) is 5.25. The smallest absolute Gasteiger partial charge is 0.248 e. The molecule has 5 nitrogen and oxygen atoms in total. The van der Waals surface area contributed by atoms with E-state index in [0.717, 1.165) is 38.0 Å². The highest BCUT2D eigenvalue weighted by Crippen LogP contribution is 2.24. The summed E-state index contributed by atoms with van der Waals surface area (Å²) in [5, 5.41) is 13.0. The number of benzene rings is 1. The van der Waals surface area contributed by atoms with E-state index in [1.165, 1.54) is 0 Å². The van der Waals surface area contributed by atoms with Gasteiger partial charge < -0.3 is 20.1 Å². The van der Waals surface area contributed by atoms with Gasteiger partial charge >= 0.3 is 0 Å². The first kappa shape index (κ1) is 16.3. The zero-order chi connectivity index (χ0) is 15.2. The van der Waals surface area contributed by atoms with Crippen LogP contribution in [0.1, 0.15) is 18.4 Å². The molecule has 0 spiro atoms. The van der Waals surface area contributed by atoms with E-state index in [2.05, 4.69) is 21.2 Å². The Morgan fingerprint density at radius 1 is 1.48 bits per heavy atom. The lowest BCUT2D eigenvalue weighted by Gasteiger charge is -2.32. The van der Waals surface area contributed by atoms with Gasteiger partial charge in [-0.15, -0.1) is 0 Å². The molecule has 1 saturated heterocycles. The van der Waals surface area contributed by atoms with Gasteiger partial charge in [-0.2, -0.15) is 0 Å². The molecule has 1 fully saturated rings. The summed E-state index contributed by atoms with van der Waals surface area (Å²) in [7, 11) is 1.54. The minimum absolute atomic E-state index is 0.0680. The lowest BCUT2D eigenvalue weighted by Crippen LogP contribution is -2.45. The standard InChI is InChI=1S/C15H21BrN2O3/c1-21-10-15(20)18-6-4-12(5-7-18)17-9-11-2-3-14(19)13(16)8-11/h2-3,8,12,17,19H,4-7,9-10H2,1H3. The third-order valence-corrected chi connectivity index (χ3v) is 4.36. The summed E-state index contributed by atoms with van der Waals surface area (Å²) >= 11 is 3.32. The van der Waals surface area contributed by atoms with Crippen molar-refractivity contribution in [3.8, 4) is 5.75 Å². The number of hydrogen-bond donors (Lipinski definition) is 2. The minimum atomic E-state index is 0.0680. The zero-order valence-electron chi connectivity index (χ0n) is 12.1. The molecule has 21 heavy (non-hydrogen) atoms. The number of ether oxygens (including phenoxy) is 1. The van der Waals surface area contributed by atoms with Crippen LogP contribution in [0.15, 0.2) is 22.7 Å². The van der Waals surface area contributed by atoms with Crippen LogP contribution < -0.4 is 5.32 Å². The average Bonchev–Trinajstić information content (AvgIpc) is 2.49. The van der Waals surface area contributed by atoms with E-state index in [9.17, 15) is 9.90 Å². The Bertz CT molecular complexity index is 488. The molecule has 1 heterocycles. The first-order valence-electron chi connectivity index (χ1n) is 7.07. The molecule has 2 N–H and O–H groups in total. The lowest BCUT2D eigenvalue weighted by molar-refractivity contribution is -0.136. The van der Waals surface area contributed by atoms with E-state index in [1.54, 1.807) is 13.2 Å². The summed E-state index contributed by atoms with van der Waals surface area (Å²) < 4.78 is 5.59. The van der Waals surface area contributed by atoms with Crippen LogP contribution in [-0.2, 0) is 16.1 Å². The summed E-state index contributed by atoms with van der Waals surface area (Å²) in [6, 6.07) is 5.93. The number of phenols is 1. The second-order valence-corrected chi connectivity index (χ2v) is 6.11. The number of methoxy groups -OCH3 is 1. The van der Waals surface area contributed by atoms with E-state index < -0.39 is 0 Å². The molecule has 1 aromatic rings. The Labute approximate surface area is 133 Å². The number of nitrogens with zero attached hydrogens (tertiary/aromatic N) is 1. The number of likely N-dealkylation sites (tertiary alicyclic amines) is 1. The molecule has 0 radical (unpaired) electrons. The first-order valence-corrected chi connectivity index (χ1v) is 7.87. The van der Waals surface area contributed by atoms with Gasteiger partial charge in [0.15, 0.2) is 0 Å². The summed E-state index contributed by atoms with van der Waals surface area (Å²) in [6.45, 7) is 2.48. The molecule has 0 aromatic heterocycles. The molecular weight excluding hydrogens is 336 g/mol. The van der Waals surface area contributed by atoms with Crippen LogP contribution in [0.5, 0.6) is 5.75 Å². The number of rotatable bonds is 5. The van der Waals surface area contributed by atoms with Crippen LogP contribution in [0.25, 0.3) is 0 Å². The largest absolute Gasteiger partial charge is 0.507 e. The molecule has 1 aliphatic heterocycles. The number of piperidine rings is 1. The van der Waals surface area contributed by atoms with Gasteiger partial charge in [-0.3, -0.25) is 4.79 Å². The summed E-state index contributed by atoms with van der Waals surface area (Å²) in [5.74, 6) is 0.321. The Kier molecular flexibility index (Phi) is 6.02. The van der Waals surface area contributed by atoms with Crippen LogP contribution in [0.3, 0.4) is 0 Å². The molecule has 2 rings (SSSR count). The van der Waals surface area contributed by atoms with Crippen molar-refractivity contribution in [1.82, 2.24) is 10.2 Å². The van der Waals surface area contributed by atoms with Gasteiger partial charge in [-0.1, -0.05) is 6.07 Å². The quantitative estimate of drug-likeness (QED) is 0.845. The lowest BCUT2D eigenvalue weighted by atomic mass is 10.0. The van der Waals surface area contributed by atoms with Crippen molar-refractivity contribution in [2.24, 2.45) is 0 Å². The van der Waals surface area contributed by atoms with Crippen molar-refractivity contribution in [2.45, 2.75) is 25.4 Å². The van der Waals surface area contributed by atoms with Gasteiger partial charge in [0, 0.05) is 32.8 Å². The number of hydrogen-bond acceptors (Lipinski definition) is 4. The number of halogens is 1. The minimum Gasteiger partial charge on any atom is -0.507 e. The molecule has 0 aliphatic carbocycles. The third kappa shape index (κ3) is 4.69. The van der Waals surface area contributed by atoms with Crippen LogP contribution in [0.2, 0.25) is 0 Å². The molecule has 1 amide bonds. The van der Waals surface area contributed by atoms with Crippen LogP contribution in [0, 0.1) is 0 Å². The third-order valence-electron chi connectivity index (χ3n) is 3.72. The molecule has 116 valence electrons. The number of aromatic hydroxyl groups is 1. The molecular formula is C15H21BrN2O3. The van der Waals surface area contributed by atoms with Crippen molar-refractivity contribution in [1.29, 1.82) is 0 Å². The van der Waals surface area contributed by atoms with Crippen molar-refractivity contribution in [3.63, 3.8) is 0 Å². The highest BCUT2D eigenvalue weighted by molar-refractivity contribution is 9.10. The SMILES string of the molecule is COCC(=O)N1CCC(NCc2ccc(O)c(Br)c2)CC1. The summed E-state index contributed by atoms with van der Waals surface area (Å²) in [6.07, 6.45) is 1.91. The average molecular weight is 357 g/mol. The van der Waals surface area contributed by atoms with Crippen molar-refractivity contribution in [2.75, 3.05) is 26.8 Å². The van der Waals surface area contributed by atoms with Gasteiger partial charge in [-0.05, 0) is 46.5 Å². The fourth-order valence-corrected chi connectivity index (χ4v) is 2.90. The predicted octanol–water partition coefficient (Wildman–Crippen LogP) is 1.88. The Hall–Kier alpha value is -1.11.